The molecular weight excluding hydrogens is 345 g/mol. The SMILES string of the molecule is CN(Cc1cccs1)C(=O)COC(=O)c1cc(Cl)ccc1Cl. The summed E-state index contributed by atoms with van der Waals surface area (Å²) in [4.78, 5) is 26.4. The van der Waals surface area contributed by atoms with Crippen molar-refractivity contribution in [3.63, 3.8) is 0 Å². The van der Waals surface area contributed by atoms with Gasteiger partial charge in [-0.2, -0.15) is 0 Å². The fraction of sp³-hybridized carbons (Fsp3) is 0.200. The Bertz CT molecular complexity index is 673. The van der Waals surface area contributed by atoms with E-state index in [1.807, 2.05) is 17.5 Å². The van der Waals surface area contributed by atoms with Crippen molar-refractivity contribution in [2.75, 3.05) is 13.7 Å². The Kier molecular flexibility index (Phi) is 5.83. The Hall–Kier alpha value is -1.56. The number of carbonyl (C=O) groups is 2. The van der Waals surface area contributed by atoms with Crippen molar-refractivity contribution in [1.82, 2.24) is 4.90 Å². The summed E-state index contributed by atoms with van der Waals surface area (Å²) in [5.74, 6) is -0.967. The molecule has 0 aliphatic rings. The third-order valence-electron chi connectivity index (χ3n) is 2.87. The Balaban J connectivity index is 1.90. The lowest BCUT2D eigenvalue weighted by Gasteiger charge is -2.16. The van der Waals surface area contributed by atoms with Crippen LogP contribution in [0.1, 0.15) is 15.2 Å². The summed E-state index contributed by atoms with van der Waals surface area (Å²) in [5.41, 5.74) is 0.142. The molecule has 0 bridgehead atoms. The van der Waals surface area contributed by atoms with Gasteiger partial charge < -0.3 is 9.64 Å². The van der Waals surface area contributed by atoms with E-state index in [4.69, 9.17) is 27.9 Å². The number of thiophene rings is 1. The highest BCUT2D eigenvalue weighted by Crippen LogP contribution is 2.21. The van der Waals surface area contributed by atoms with Gasteiger partial charge in [0.2, 0.25) is 0 Å². The number of nitrogens with zero attached hydrogens (tertiary/aromatic N) is 1. The molecule has 7 heteroatoms. The fourth-order valence-corrected chi connectivity index (χ4v) is 2.82. The van der Waals surface area contributed by atoms with Crippen LogP contribution in [0.2, 0.25) is 10.0 Å². The van der Waals surface area contributed by atoms with Crippen LogP contribution in [0.15, 0.2) is 35.7 Å². The molecule has 2 rings (SSSR count). The van der Waals surface area contributed by atoms with Gasteiger partial charge in [0.1, 0.15) is 0 Å². The molecule has 116 valence electrons. The van der Waals surface area contributed by atoms with Gasteiger partial charge in [-0.25, -0.2) is 4.79 Å². The minimum absolute atomic E-state index is 0.142. The zero-order valence-electron chi connectivity index (χ0n) is 11.7. The third-order valence-corrected chi connectivity index (χ3v) is 4.30. The maximum Gasteiger partial charge on any atom is 0.340 e. The van der Waals surface area contributed by atoms with E-state index in [2.05, 4.69) is 0 Å². The van der Waals surface area contributed by atoms with Crippen LogP contribution in [0.3, 0.4) is 0 Å². The first kappa shape index (κ1) is 16.8. The summed E-state index contributed by atoms with van der Waals surface area (Å²) in [6, 6.07) is 8.34. The quantitative estimate of drug-likeness (QED) is 0.763. The Morgan fingerprint density at radius 2 is 2.05 bits per heavy atom. The van der Waals surface area contributed by atoms with E-state index in [1.165, 1.54) is 17.0 Å². The molecule has 1 aromatic heterocycles. The average molecular weight is 358 g/mol. The van der Waals surface area contributed by atoms with Crippen molar-refractivity contribution < 1.29 is 14.3 Å². The second-order valence-corrected chi connectivity index (χ2v) is 6.41. The number of hydrogen-bond donors (Lipinski definition) is 0. The number of rotatable bonds is 5. The molecule has 1 aromatic carbocycles. The van der Waals surface area contributed by atoms with E-state index < -0.39 is 5.97 Å². The van der Waals surface area contributed by atoms with Gasteiger partial charge in [0.25, 0.3) is 5.91 Å². The fourth-order valence-electron chi connectivity index (χ4n) is 1.69. The summed E-state index contributed by atoms with van der Waals surface area (Å²) in [7, 11) is 1.66. The van der Waals surface area contributed by atoms with E-state index in [0.29, 0.717) is 11.6 Å². The van der Waals surface area contributed by atoms with Crippen molar-refractivity contribution in [2.24, 2.45) is 0 Å². The Morgan fingerprint density at radius 3 is 2.73 bits per heavy atom. The van der Waals surface area contributed by atoms with E-state index in [1.54, 1.807) is 24.5 Å². The molecule has 0 radical (unpaired) electrons. The van der Waals surface area contributed by atoms with Gasteiger partial charge in [-0.15, -0.1) is 11.3 Å². The molecule has 0 N–H and O–H groups in total. The van der Waals surface area contributed by atoms with Crippen molar-refractivity contribution >= 4 is 46.4 Å². The van der Waals surface area contributed by atoms with Crippen molar-refractivity contribution in [3.05, 3.63) is 56.2 Å². The second kappa shape index (κ2) is 7.63. The molecule has 0 aliphatic carbocycles. The zero-order chi connectivity index (χ0) is 16.1. The normalized spacial score (nSPS) is 10.3. The zero-order valence-corrected chi connectivity index (χ0v) is 14.0. The first-order valence-electron chi connectivity index (χ1n) is 6.36. The molecule has 0 spiro atoms. The van der Waals surface area contributed by atoms with Gasteiger partial charge in [-0.1, -0.05) is 29.3 Å². The van der Waals surface area contributed by atoms with Gasteiger partial charge in [-0.3, -0.25) is 4.79 Å². The van der Waals surface area contributed by atoms with Crippen LogP contribution >= 0.6 is 34.5 Å². The number of halogens is 2. The number of benzene rings is 1. The van der Waals surface area contributed by atoms with Crippen molar-refractivity contribution in [2.45, 2.75) is 6.54 Å². The van der Waals surface area contributed by atoms with Gasteiger partial charge in [0, 0.05) is 16.9 Å². The molecule has 0 unspecified atom stereocenters. The summed E-state index contributed by atoms with van der Waals surface area (Å²) in [5, 5.41) is 2.54. The van der Waals surface area contributed by atoms with Crippen LogP contribution in [0.25, 0.3) is 0 Å². The topological polar surface area (TPSA) is 46.6 Å². The van der Waals surface area contributed by atoms with Crippen LogP contribution < -0.4 is 0 Å². The lowest BCUT2D eigenvalue weighted by Crippen LogP contribution is -2.30. The smallest absolute Gasteiger partial charge is 0.340 e. The number of ether oxygens (including phenoxy) is 1. The maximum atomic E-state index is 12.0. The van der Waals surface area contributed by atoms with Crippen LogP contribution in [0.5, 0.6) is 0 Å². The molecular formula is C15H13Cl2NO3S. The highest BCUT2D eigenvalue weighted by atomic mass is 35.5. The Morgan fingerprint density at radius 1 is 1.27 bits per heavy atom. The van der Waals surface area contributed by atoms with E-state index in [-0.39, 0.29) is 23.1 Å². The van der Waals surface area contributed by atoms with Gasteiger partial charge >= 0.3 is 5.97 Å². The molecule has 4 nitrogen and oxygen atoms in total. The molecule has 1 heterocycles. The highest BCUT2D eigenvalue weighted by molar-refractivity contribution is 7.09. The minimum Gasteiger partial charge on any atom is -0.452 e. The highest BCUT2D eigenvalue weighted by Gasteiger charge is 2.16. The standard InChI is InChI=1S/C15H13Cl2NO3S/c1-18(8-11-3-2-6-22-11)14(19)9-21-15(20)12-7-10(16)4-5-13(12)17/h2-7H,8-9H2,1H3. The summed E-state index contributed by atoms with van der Waals surface area (Å²) in [6.45, 7) is 0.134. The third kappa shape index (κ3) is 4.47. The van der Waals surface area contributed by atoms with E-state index in [0.717, 1.165) is 4.88 Å². The van der Waals surface area contributed by atoms with Gasteiger partial charge in [0.05, 0.1) is 17.1 Å². The predicted octanol–water partition coefficient (Wildman–Crippen LogP) is 3.87. The van der Waals surface area contributed by atoms with Crippen LogP contribution in [0.4, 0.5) is 0 Å². The second-order valence-electron chi connectivity index (χ2n) is 4.53. The van der Waals surface area contributed by atoms with Crippen LogP contribution in [0, 0.1) is 0 Å². The lowest BCUT2D eigenvalue weighted by atomic mass is 10.2. The number of hydrogen-bond acceptors (Lipinski definition) is 4. The molecule has 0 fully saturated rings. The summed E-state index contributed by atoms with van der Waals surface area (Å²) in [6.07, 6.45) is 0. The molecule has 0 aliphatic heterocycles. The summed E-state index contributed by atoms with van der Waals surface area (Å²) >= 11 is 13.3. The minimum atomic E-state index is -0.676. The van der Waals surface area contributed by atoms with Gasteiger partial charge in [-0.05, 0) is 29.6 Å². The van der Waals surface area contributed by atoms with E-state index >= 15 is 0 Å². The Labute approximate surface area is 142 Å². The first-order chi connectivity index (χ1) is 10.5. The number of esters is 1. The van der Waals surface area contributed by atoms with Gasteiger partial charge in [0.15, 0.2) is 6.61 Å². The number of carbonyl (C=O) groups excluding carboxylic acids is 2. The lowest BCUT2D eigenvalue weighted by molar-refractivity contribution is -0.133. The monoisotopic (exact) mass is 357 g/mol. The average Bonchev–Trinajstić information content (AvgIpc) is 2.99. The molecule has 0 atom stereocenters. The predicted molar refractivity (Wildman–Crippen MR) is 87.5 cm³/mol. The molecule has 2 aromatic rings. The number of amides is 1. The maximum absolute atomic E-state index is 12.0. The van der Waals surface area contributed by atoms with Crippen molar-refractivity contribution in [1.29, 1.82) is 0 Å². The molecule has 1 amide bonds. The van der Waals surface area contributed by atoms with E-state index in [9.17, 15) is 9.59 Å². The number of likely N-dealkylation sites (N-methyl/N-ethyl adjacent to an activating group) is 1. The van der Waals surface area contributed by atoms with Crippen LogP contribution in [-0.2, 0) is 16.1 Å². The largest absolute Gasteiger partial charge is 0.452 e. The molecule has 22 heavy (non-hydrogen) atoms. The molecule has 0 saturated heterocycles. The first-order valence-corrected chi connectivity index (χ1v) is 7.99. The molecule has 0 saturated carbocycles. The summed E-state index contributed by atoms with van der Waals surface area (Å²) < 4.78 is 5.00. The van der Waals surface area contributed by atoms with Crippen molar-refractivity contribution in [3.8, 4) is 0 Å². The van der Waals surface area contributed by atoms with Crippen LogP contribution in [-0.4, -0.2) is 30.4 Å².